The van der Waals surface area contributed by atoms with Crippen molar-refractivity contribution in [3.8, 4) is 0 Å². The minimum Gasteiger partial charge on any atom is -0.369 e. The van der Waals surface area contributed by atoms with E-state index in [2.05, 4.69) is 5.32 Å². The zero-order valence-electron chi connectivity index (χ0n) is 10.7. The van der Waals surface area contributed by atoms with Crippen LogP contribution in [0.2, 0.25) is 5.02 Å². The maximum atomic E-state index is 11.7. The number of benzene rings is 1. The number of nitrogens with one attached hydrogen (secondary N) is 1. The van der Waals surface area contributed by atoms with Crippen molar-refractivity contribution in [1.29, 1.82) is 0 Å². The molecule has 2 amide bonds. The third-order valence-corrected chi connectivity index (χ3v) is 2.97. The van der Waals surface area contributed by atoms with Crippen LogP contribution >= 0.6 is 11.6 Å². The highest BCUT2D eigenvalue weighted by Crippen LogP contribution is 2.27. The highest BCUT2D eigenvalue weighted by molar-refractivity contribution is 6.34. The third-order valence-electron chi connectivity index (χ3n) is 2.67. The number of amides is 2. The van der Waals surface area contributed by atoms with Crippen LogP contribution in [-0.4, -0.2) is 11.8 Å². The highest BCUT2D eigenvalue weighted by Gasteiger charge is 2.15. The van der Waals surface area contributed by atoms with Crippen molar-refractivity contribution in [2.75, 3.05) is 5.32 Å². The Morgan fingerprint density at radius 3 is 2.50 bits per heavy atom. The topological polar surface area (TPSA) is 72.2 Å². The molecule has 3 N–H and O–H groups in total. The predicted octanol–water partition coefficient (Wildman–Crippen LogP) is 2.41. The highest BCUT2D eigenvalue weighted by atomic mass is 35.5. The molecule has 0 fully saturated rings. The van der Waals surface area contributed by atoms with Crippen LogP contribution in [0.3, 0.4) is 0 Å². The fourth-order valence-corrected chi connectivity index (χ4v) is 2.01. The molecule has 0 saturated heterocycles. The largest absolute Gasteiger partial charge is 0.369 e. The first kappa shape index (κ1) is 14.5. The first-order chi connectivity index (χ1) is 8.31. The molecule has 0 aliphatic rings. The van der Waals surface area contributed by atoms with Crippen molar-refractivity contribution in [1.82, 2.24) is 0 Å². The molecule has 98 valence electrons. The van der Waals surface area contributed by atoms with Crippen LogP contribution in [0.4, 0.5) is 5.69 Å². The van der Waals surface area contributed by atoms with Gasteiger partial charge in [0.15, 0.2) is 0 Å². The Labute approximate surface area is 112 Å². The Kier molecular flexibility index (Phi) is 4.73. The average molecular weight is 269 g/mol. The molecule has 4 nitrogen and oxygen atoms in total. The zero-order chi connectivity index (χ0) is 13.9. The van der Waals surface area contributed by atoms with Gasteiger partial charge >= 0.3 is 0 Å². The number of rotatable bonds is 4. The molecule has 1 unspecified atom stereocenters. The summed E-state index contributed by atoms with van der Waals surface area (Å²) in [7, 11) is 0. The molecular weight excluding hydrogens is 252 g/mol. The van der Waals surface area contributed by atoms with E-state index >= 15 is 0 Å². The Morgan fingerprint density at radius 1 is 1.39 bits per heavy atom. The number of aryl methyl sites for hydroxylation is 2. The summed E-state index contributed by atoms with van der Waals surface area (Å²) in [5, 5.41) is 3.21. The van der Waals surface area contributed by atoms with E-state index in [-0.39, 0.29) is 12.3 Å². The van der Waals surface area contributed by atoms with Gasteiger partial charge < -0.3 is 11.1 Å². The minimum absolute atomic E-state index is 0.0545. The van der Waals surface area contributed by atoms with Gasteiger partial charge in [-0.15, -0.1) is 0 Å². The monoisotopic (exact) mass is 268 g/mol. The minimum atomic E-state index is -0.491. The molecular formula is C13H17ClN2O2. The van der Waals surface area contributed by atoms with Crippen molar-refractivity contribution < 1.29 is 9.59 Å². The molecule has 0 aromatic heterocycles. The van der Waals surface area contributed by atoms with Gasteiger partial charge in [-0.3, -0.25) is 9.59 Å². The third kappa shape index (κ3) is 3.74. The van der Waals surface area contributed by atoms with Gasteiger partial charge in [0.05, 0.1) is 10.7 Å². The van der Waals surface area contributed by atoms with E-state index in [1.807, 2.05) is 19.9 Å². The van der Waals surface area contributed by atoms with Crippen molar-refractivity contribution >= 4 is 29.1 Å². The van der Waals surface area contributed by atoms with Gasteiger partial charge in [-0.2, -0.15) is 0 Å². The molecule has 5 heteroatoms. The standard InChI is InChI=1S/C13H17ClN2O2/c1-7-4-8(2)12(10(14)5-7)16-11(17)6-9(3)13(15)18/h4-5,9H,6H2,1-3H3,(H2,15,18)(H,16,17). The predicted molar refractivity (Wildman–Crippen MR) is 72.5 cm³/mol. The van der Waals surface area contributed by atoms with Gasteiger partial charge in [-0.1, -0.05) is 24.6 Å². The van der Waals surface area contributed by atoms with E-state index in [0.29, 0.717) is 10.7 Å². The summed E-state index contributed by atoms with van der Waals surface area (Å²) in [5.41, 5.74) is 7.62. The number of primary amides is 1. The Balaban J connectivity index is 2.80. The molecule has 1 aromatic rings. The van der Waals surface area contributed by atoms with Gasteiger partial charge in [-0.05, 0) is 31.0 Å². The number of anilines is 1. The number of halogens is 1. The van der Waals surface area contributed by atoms with Gasteiger partial charge in [0.25, 0.3) is 0 Å². The fraction of sp³-hybridized carbons (Fsp3) is 0.385. The first-order valence-electron chi connectivity index (χ1n) is 5.67. The van der Waals surface area contributed by atoms with Crippen LogP contribution in [0.25, 0.3) is 0 Å². The summed E-state index contributed by atoms with van der Waals surface area (Å²) >= 11 is 6.07. The molecule has 1 atom stereocenters. The second-order valence-electron chi connectivity index (χ2n) is 4.49. The molecule has 18 heavy (non-hydrogen) atoms. The van der Waals surface area contributed by atoms with Crippen molar-refractivity contribution in [2.24, 2.45) is 11.7 Å². The van der Waals surface area contributed by atoms with Crippen molar-refractivity contribution in [2.45, 2.75) is 27.2 Å². The van der Waals surface area contributed by atoms with Crippen LogP contribution in [-0.2, 0) is 9.59 Å². The Bertz CT molecular complexity index is 463. The van der Waals surface area contributed by atoms with Crippen LogP contribution in [0.1, 0.15) is 24.5 Å². The summed E-state index contributed by atoms with van der Waals surface area (Å²) in [6, 6.07) is 3.71. The van der Waals surface area contributed by atoms with Crippen LogP contribution < -0.4 is 11.1 Å². The number of nitrogens with two attached hydrogens (primary N) is 1. The number of hydrogen-bond donors (Lipinski definition) is 2. The van der Waals surface area contributed by atoms with Gasteiger partial charge in [0, 0.05) is 12.3 Å². The second-order valence-corrected chi connectivity index (χ2v) is 4.90. The molecule has 0 radical (unpaired) electrons. The molecule has 0 aliphatic carbocycles. The molecule has 0 aliphatic heterocycles. The normalized spacial score (nSPS) is 12.0. The first-order valence-corrected chi connectivity index (χ1v) is 6.05. The van der Waals surface area contributed by atoms with Crippen molar-refractivity contribution in [3.05, 3.63) is 28.3 Å². The van der Waals surface area contributed by atoms with E-state index in [4.69, 9.17) is 17.3 Å². The number of carbonyl (C=O) groups excluding carboxylic acids is 2. The van der Waals surface area contributed by atoms with Crippen LogP contribution in [0.15, 0.2) is 12.1 Å². The zero-order valence-corrected chi connectivity index (χ0v) is 11.5. The fourth-order valence-electron chi connectivity index (χ4n) is 1.64. The molecule has 0 heterocycles. The van der Waals surface area contributed by atoms with Gasteiger partial charge in [-0.25, -0.2) is 0 Å². The lowest BCUT2D eigenvalue weighted by Gasteiger charge is -2.13. The van der Waals surface area contributed by atoms with Crippen LogP contribution in [0.5, 0.6) is 0 Å². The number of carbonyl (C=O) groups is 2. The summed E-state index contributed by atoms with van der Waals surface area (Å²) in [4.78, 5) is 22.6. The molecule has 1 rings (SSSR count). The summed E-state index contributed by atoms with van der Waals surface area (Å²) < 4.78 is 0. The van der Waals surface area contributed by atoms with Gasteiger partial charge in [0.1, 0.15) is 0 Å². The average Bonchev–Trinajstić information content (AvgIpc) is 2.23. The van der Waals surface area contributed by atoms with E-state index in [1.54, 1.807) is 13.0 Å². The maximum Gasteiger partial charge on any atom is 0.225 e. The number of hydrogen-bond acceptors (Lipinski definition) is 2. The Hall–Kier alpha value is -1.55. The van der Waals surface area contributed by atoms with E-state index in [9.17, 15) is 9.59 Å². The lowest BCUT2D eigenvalue weighted by atomic mass is 10.1. The SMILES string of the molecule is Cc1cc(C)c(NC(=O)CC(C)C(N)=O)c(Cl)c1. The molecule has 0 saturated carbocycles. The second kappa shape index (κ2) is 5.87. The smallest absolute Gasteiger partial charge is 0.225 e. The maximum absolute atomic E-state index is 11.7. The van der Waals surface area contributed by atoms with Gasteiger partial charge in [0.2, 0.25) is 11.8 Å². The lowest BCUT2D eigenvalue weighted by Crippen LogP contribution is -2.25. The summed E-state index contributed by atoms with van der Waals surface area (Å²) in [6.07, 6.45) is 0.0545. The molecule has 0 bridgehead atoms. The lowest BCUT2D eigenvalue weighted by molar-refractivity contribution is -0.125. The van der Waals surface area contributed by atoms with Crippen molar-refractivity contribution in [3.63, 3.8) is 0 Å². The van der Waals surface area contributed by atoms with E-state index in [0.717, 1.165) is 11.1 Å². The molecule has 1 aromatic carbocycles. The summed E-state index contributed by atoms with van der Waals surface area (Å²) in [6.45, 7) is 5.41. The molecule has 0 spiro atoms. The quantitative estimate of drug-likeness (QED) is 0.880. The van der Waals surface area contributed by atoms with E-state index in [1.165, 1.54) is 0 Å². The Morgan fingerprint density at radius 2 is 2.00 bits per heavy atom. The van der Waals surface area contributed by atoms with Crippen LogP contribution in [0, 0.1) is 19.8 Å². The van der Waals surface area contributed by atoms with E-state index < -0.39 is 11.8 Å². The summed E-state index contributed by atoms with van der Waals surface area (Å²) in [5.74, 6) is -1.25.